The minimum absolute atomic E-state index is 0.167. The van der Waals surface area contributed by atoms with Crippen LogP contribution in [0, 0.1) is 22.7 Å². The third-order valence-corrected chi connectivity index (χ3v) is 10.3. The Morgan fingerprint density at radius 2 is 2.03 bits per heavy atom. The first-order valence-corrected chi connectivity index (χ1v) is 14.2. The van der Waals surface area contributed by atoms with E-state index >= 15 is 0 Å². The average Bonchev–Trinajstić information content (AvgIpc) is 3.15. The summed E-state index contributed by atoms with van der Waals surface area (Å²) in [4.78, 5) is 18.5. The van der Waals surface area contributed by atoms with Crippen molar-refractivity contribution in [1.29, 1.82) is 0 Å². The fourth-order valence-corrected chi connectivity index (χ4v) is 7.98. The van der Waals surface area contributed by atoms with E-state index in [1.54, 1.807) is 0 Å². The Kier molecular flexibility index (Phi) is 7.22. The van der Waals surface area contributed by atoms with Gasteiger partial charge in [-0.3, -0.25) is 4.79 Å². The first-order chi connectivity index (χ1) is 18.0. The van der Waals surface area contributed by atoms with Crippen LogP contribution in [0.3, 0.4) is 0 Å². The topological polar surface area (TPSA) is 94.4 Å². The molecular weight excluding hydrogens is 546 g/mol. The highest BCUT2D eigenvalue weighted by molar-refractivity contribution is 9.10. The predicted octanol–water partition coefficient (Wildman–Crippen LogP) is 4.67. The SMILES string of the molecule is CN(C)NC1=C2[C@@H](CCC3=CC(=NOCc4ccccc4Br)C=C[C@@]32C)[C@@H]2CC[C@](O)(C(=O)CO)[C@@]2(C)C1. The number of hydrazine groups is 1. The molecule has 0 unspecified atom stereocenters. The van der Waals surface area contributed by atoms with Gasteiger partial charge in [0, 0.05) is 40.7 Å². The maximum atomic E-state index is 12.8. The fourth-order valence-electron chi connectivity index (χ4n) is 7.58. The number of nitrogens with one attached hydrogen (secondary N) is 1. The zero-order valence-electron chi connectivity index (χ0n) is 22.6. The Hall–Kier alpha value is -2.26. The lowest BCUT2D eigenvalue weighted by Crippen LogP contribution is -2.57. The molecule has 0 amide bonds. The van der Waals surface area contributed by atoms with E-state index in [0.29, 0.717) is 19.4 Å². The quantitative estimate of drug-likeness (QED) is 0.404. The van der Waals surface area contributed by atoms with Crippen molar-refractivity contribution in [3.8, 4) is 0 Å². The van der Waals surface area contributed by atoms with Crippen LogP contribution in [-0.2, 0) is 16.2 Å². The summed E-state index contributed by atoms with van der Waals surface area (Å²) < 4.78 is 1.00. The van der Waals surface area contributed by atoms with Gasteiger partial charge in [0.2, 0.25) is 0 Å². The van der Waals surface area contributed by atoms with E-state index in [-0.39, 0.29) is 17.3 Å². The normalized spacial score (nSPS) is 35.1. The lowest BCUT2D eigenvalue weighted by atomic mass is 9.50. The molecule has 0 radical (unpaired) electrons. The third-order valence-electron chi connectivity index (χ3n) is 9.48. The molecule has 1 aromatic rings. The molecule has 0 bridgehead atoms. The largest absolute Gasteiger partial charge is 0.390 e. The van der Waals surface area contributed by atoms with Gasteiger partial charge >= 0.3 is 0 Å². The number of nitrogens with zero attached hydrogens (tertiary/aromatic N) is 2. The van der Waals surface area contributed by atoms with Crippen molar-refractivity contribution in [3.63, 3.8) is 0 Å². The molecule has 0 spiro atoms. The molecule has 8 heteroatoms. The maximum Gasteiger partial charge on any atom is 0.190 e. The second kappa shape index (κ2) is 10.0. The molecule has 0 heterocycles. The van der Waals surface area contributed by atoms with E-state index in [1.165, 1.54) is 11.1 Å². The predicted molar refractivity (Wildman–Crippen MR) is 151 cm³/mol. The Labute approximate surface area is 233 Å². The Morgan fingerprint density at radius 3 is 2.74 bits per heavy atom. The minimum Gasteiger partial charge on any atom is -0.390 e. The van der Waals surface area contributed by atoms with E-state index in [2.05, 4.69) is 45.6 Å². The number of allylic oxidation sites excluding steroid dienone is 6. The summed E-state index contributed by atoms with van der Waals surface area (Å²) in [5.41, 5.74) is 6.66. The number of Topliss-reactive ketones (excluding diaryl/α,β-unsaturated/α-hetero) is 1. The highest BCUT2D eigenvalue weighted by Crippen LogP contribution is 2.66. The van der Waals surface area contributed by atoms with Crippen molar-refractivity contribution in [3.05, 3.63) is 69.4 Å². The molecule has 0 aromatic heterocycles. The third kappa shape index (κ3) is 4.30. The van der Waals surface area contributed by atoms with E-state index in [9.17, 15) is 15.0 Å². The number of oxime groups is 1. The van der Waals surface area contributed by atoms with Gasteiger partial charge in [0.05, 0.1) is 0 Å². The van der Waals surface area contributed by atoms with E-state index < -0.39 is 23.4 Å². The summed E-state index contributed by atoms with van der Waals surface area (Å²) in [6.07, 6.45) is 10.0. The van der Waals surface area contributed by atoms with Crippen molar-refractivity contribution in [2.75, 3.05) is 20.7 Å². The summed E-state index contributed by atoms with van der Waals surface area (Å²) in [5, 5.41) is 27.7. The number of ketones is 1. The van der Waals surface area contributed by atoms with Crippen LogP contribution in [0.5, 0.6) is 0 Å². The lowest BCUT2D eigenvalue weighted by molar-refractivity contribution is -0.156. The zero-order chi connectivity index (χ0) is 27.3. The van der Waals surface area contributed by atoms with Crippen LogP contribution < -0.4 is 5.43 Å². The van der Waals surface area contributed by atoms with Crippen molar-refractivity contribution < 1.29 is 19.8 Å². The molecular formula is C30H38BrN3O4. The highest BCUT2D eigenvalue weighted by Gasteiger charge is 2.65. The van der Waals surface area contributed by atoms with E-state index in [4.69, 9.17) is 4.84 Å². The van der Waals surface area contributed by atoms with Gasteiger partial charge in [-0.1, -0.05) is 57.9 Å². The molecule has 2 saturated carbocycles. The van der Waals surface area contributed by atoms with Crippen LogP contribution in [0.15, 0.2) is 69.0 Å². The molecule has 3 N–H and O–H groups in total. The van der Waals surface area contributed by atoms with Gasteiger partial charge in [0.25, 0.3) is 0 Å². The Morgan fingerprint density at radius 1 is 1.26 bits per heavy atom. The number of fused-ring (bicyclic) bond motifs is 5. The molecule has 4 aliphatic rings. The molecule has 5 atom stereocenters. The summed E-state index contributed by atoms with van der Waals surface area (Å²) in [7, 11) is 3.92. The molecule has 5 rings (SSSR count). The van der Waals surface area contributed by atoms with E-state index in [0.717, 1.165) is 40.7 Å². The second-order valence-corrected chi connectivity index (χ2v) is 12.7. The number of carbonyl (C=O) groups excluding carboxylic acids is 1. The number of hydrogen-bond acceptors (Lipinski definition) is 7. The number of hydrogen-bond donors (Lipinski definition) is 3. The number of carbonyl (C=O) groups is 1. The Balaban J connectivity index is 1.48. The van der Waals surface area contributed by atoms with Gasteiger partial charge < -0.3 is 20.5 Å². The van der Waals surface area contributed by atoms with E-state index in [1.807, 2.05) is 56.4 Å². The smallest absolute Gasteiger partial charge is 0.190 e. The molecule has 38 heavy (non-hydrogen) atoms. The number of rotatable bonds is 7. The Bertz CT molecular complexity index is 1250. The van der Waals surface area contributed by atoms with Gasteiger partial charge in [-0.15, -0.1) is 0 Å². The molecule has 204 valence electrons. The maximum absolute atomic E-state index is 12.8. The summed E-state index contributed by atoms with van der Waals surface area (Å²) in [5.74, 6) is -0.0624. The van der Waals surface area contributed by atoms with Crippen LogP contribution in [0.25, 0.3) is 0 Å². The minimum atomic E-state index is -1.51. The number of benzene rings is 1. The van der Waals surface area contributed by atoms with Crippen LogP contribution in [0.1, 0.15) is 51.5 Å². The first kappa shape index (κ1) is 27.3. The summed E-state index contributed by atoms with van der Waals surface area (Å²) in [6.45, 7) is 4.08. The number of aliphatic hydroxyl groups excluding tert-OH is 1. The van der Waals surface area contributed by atoms with Crippen LogP contribution in [-0.4, -0.2) is 53.0 Å². The lowest BCUT2D eigenvalue weighted by Gasteiger charge is -2.55. The zero-order valence-corrected chi connectivity index (χ0v) is 24.2. The van der Waals surface area contributed by atoms with Crippen molar-refractivity contribution in [1.82, 2.24) is 10.4 Å². The van der Waals surface area contributed by atoms with Crippen LogP contribution in [0.4, 0.5) is 0 Å². The van der Waals surface area contributed by atoms with Crippen LogP contribution >= 0.6 is 15.9 Å². The number of aliphatic hydroxyl groups is 2. The monoisotopic (exact) mass is 583 g/mol. The van der Waals surface area contributed by atoms with Crippen molar-refractivity contribution in [2.24, 2.45) is 27.8 Å². The van der Waals surface area contributed by atoms with Crippen molar-refractivity contribution in [2.45, 2.75) is 58.2 Å². The van der Waals surface area contributed by atoms with Gasteiger partial charge in [-0.2, -0.15) is 0 Å². The van der Waals surface area contributed by atoms with Crippen LogP contribution in [0.2, 0.25) is 0 Å². The van der Waals surface area contributed by atoms with Gasteiger partial charge in [0.1, 0.15) is 24.5 Å². The highest BCUT2D eigenvalue weighted by atomic mass is 79.9. The first-order valence-electron chi connectivity index (χ1n) is 13.4. The standard InChI is InChI=1S/C30H38BrN3O4/c1-28-13-11-21(33-38-18-19-7-5-6-8-24(19)31)15-20(28)9-10-22-23-12-14-30(37,26(36)17-35)29(23,2)16-25(27(22)28)32-34(3)4/h5-8,11,13,15,22-23,32,35,37H,9-10,12,14,16-18H2,1-4H3/t22-,23-,28-,29-,30-/m0/s1. The molecule has 0 aliphatic heterocycles. The molecule has 2 fully saturated rings. The molecule has 0 saturated heterocycles. The average molecular weight is 585 g/mol. The van der Waals surface area contributed by atoms with Crippen molar-refractivity contribution >= 4 is 27.4 Å². The summed E-state index contributed by atoms with van der Waals surface area (Å²) in [6, 6.07) is 7.96. The summed E-state index contributed by atoms with van der Waals surface area (Å²) >= 11 is 3.56. The fraction of sp³-hybridized carbons (Fsp3) is 0.533. The number of halogens is 1. The molecule has 1 aromatic carbocycles. The van der Waals surface area contributed by atoms with Gasteiger partial charge in [-0.25, -0.2) is 5.01 Å². The van der Waals surface area contributed by atoms with Gasteiger partial charge in [0.15, 0.2) is 5.78 Å². The second-order valence-electron chi connectivity index (χ2n) is 11.8. The molecule has 4 aliphatic carbocycles. The van der Waals surface area contributed by atoms with Gasteiger partial charge in [-0.05, 0) is 74.7 Å². The molecule has 7 nitrogen and oxygen atoms in total.